The molecule has 2 aromatic heterocycles. The second-order valence-corrected chi connectivity index (χ2v) is 6.99. The highest BCUT2D eigenvalue weighted by atomic mass is 19.1. The molecule has 0 radical (unpaired) electrons. The molecule has 0 aliphatic carbocycles. The van der Waals surface area contributed by atoms with E-state index in [1.165, 1.54) is 12.3 Å². The van der Waals surface area contributed by atoms with E-state index in [0.29, 0.717) is 35.9 Å². The van der Waals surface area contributed by atoms with Crippen LogP contribution >= 0.6 is 0 Å². The molecule has 0 N–H and O–H groups in total. The Hall–Kier alpha value is -3.67. The Balaban J connectivity index is 1.47. The highest BCUT2D eigenvalue weighted by Gasteiger charge is 2.19. The Labute approximate surface area is 173 Å². The first-order valence-electron chi connectivity index (χ1n) is 9.69. The van der Waals surface area contributed by atoms with Gasteiger partial charge in [-0.05, 0) is 43.3 Å². The standard InChI is InChI=1S/C24H21FN2O3/c1-17-8-10-18(11-9-17)27(16-19-5-4-14-29-19)24(28)13-12-23-26-15-22(30-23)20-6-2-3-7-21(20)25/h2-11,14-15H,12-13,16H2,1H3. The number of oxazole rings is 1. The second-order valence-electron chi connectivity index (χ2n) is 6.99. The normalized spacial score (nSPS) is 10.9. The van der Waals surface area contributed by atoms with E-state index >= 15 is 0 Å². The van der Waals surface area contributed by atoms with Gasteiger partial charge in [0.25, 0.3) is 0 Å². The number of anilines is 1. The molecule has 0 aliphatic heterocycles. The SMILES string of the molecule is Cc1ccc(N(Cc2ccco2)C(=O)CCc2ncc(-c3ccccc3F)o2)cc1. The molecule has 4 rings (SSSR count). The Kier molecular flexibility index (Phi) is 5.75. The molecule has 0 saturated heterocycles. The van der Waals surface area contributed by atoms with Crippen LogP contribution in [0.1, 0.15) is 23.6 Å². The first kappa shape index (κ1) is 19.6. The Morgan fingerprint density at radius 1 is 1.07 bits per heavy atom. The third-order valence-electron chi connectivity index (χ3n) is 4.79. The van der Waals surface area contributed by atoms with Gasteiger partial charge in [-0.15, -0.1) is 0 Å². The Bertz CT molecular complexity index is 1120. The summed E-state index contributed by atoms with van der Waals surface area (Å²) in [7, 11) is 0. The average Bonchev–Trinajstić information content (AvgIpc) is 3.43. The molecular weight excluding hydrogens is 383 g/mol. The lowest BCUT2D eigenvalue weighted by atomic mass is 10.2. The van der Waals surface area contributed by atoms with Crippen LogP contribution in [0.25, 0.3) is 11.3 Å². The third-order valence-corrected chi connectivity index (χ3v) is 4.79. The number of amides is 1. The molecular formula is C24H21FN2O3. The number of benzene rings is 2. The minimum atomic E-state index is -0.375. The van der Waals surface area contributed by atoms with Gasteiger partial charge in [0, 0.05) is 18.5 Å². The lowest BCUT2D eigenvalue weighted by Gasteiger charge is -2.22. The maximum absolute atomic E-state index is 13.9. The molecule has 0 bridgehead atoms. The van der Waals surface area contributed by atoms with E-state index < -0.39 is 0 Å². The van der Waals surface area contributed by atoms with Crippen molar-refractivity contribution in [3.8, 4) is 11.3 Å². The quantitative estimate of drug-likeness (QED) is 0.405. The van der Waals surface area contributed by atoms with Gasteiger partial charge in [-0.2, -0.15) is 0 Å². The van der Waals surface area contributed by atoms with E-state index in [-0.39, 0.29) is 18.1 Å². The molecule has 6 heteroatoms. The van der Waals surface area contributed by atoms with E-state index in [4.69, 9.17) is 8.83 Å². The summed E-state index contributed by atoms with van der Waals surface area (Å²) < 4.78 is 25.0. The van der Waals surface area contributed by atoms with E-state index in [0.717, 1.165) is 11.3 Å². The van der Waals surface area contributed by atoms with Crippen LogP contribution in [0.3, 0.4) is 0 Å². The van der Waals surface area contributed by atoms with Crippen molar-refractivity contribution in [3.63, 3.8) is 0 Å². The smallest absolute Gasteiger partial charge is 0.227 e. The summed E-state index contributed by atoms with van der Waals surface area (Å²) in [5, 5.41) is 0. The highest BCUT2D eigenvalue weighted by molar-refractivity contribution is 5.93. The summed E-state index contributed by atoms with van der Waals surface area (Å²) >= 11 is 0. The largest absolute Gasteiger partial charge is 0.467 e. The predicted octanol–water partition coefficient (Wildman–Crippen LogP) is 5.55. The number of halogens is 1. The van der Waals surface area contributed by atoms with Crippen molar-refractivity contribution in [2.75, 3.05) is 4.90 Å². The number of hydrogen-bond donors (Lipinski definition) is 0. The number of carbonyl (C=O) groups excluding carboxylic acids is 1. The zero-order chi connectivity index (χ0) is 20.9. The summed E-state index contributed by atoms with van der Waals surface area (Å²) in [5.41, 5.74) is 2.26. The van der Waals surface area contributed by atoms with Crippen molar-refractivity contribution in [1.82, 2.24) is 4.98 Å². The van der Waals surface area contributed by atoms with E-state index in [1.807, 2.05) is 37.3 Å². The van der Waals surface area contributed by atoms with Gasteiger partial charge >= 0.3 is 0 Å². The molecule has 0 aliphatic rings. The Morgan fingerprint density at radius 2 is 1.87 bits per heavy atom. The summed E-state index contributed by atoms with van der Waals surface area (Å²) in [6.07, 6.45) is 3.59. The van der Waals surface area contributed by atoms with Crippen molar-refractivity contribution < 1.29 is 18.0 Å². The van der Waals surface area contributed by atoms with E-state index in [9.17, 15) is 9.18 Å². The second kappa shape index (κ2) is 8.78. The molecule has 2 aromatic carbocycles. The lowest BCUT2D eigenvalue weighted by molar-refractivity contribution is -0.118. The van der Waals surface area contributed by atoms with Gasteiger partial charge < -0.3 is 13.7 Å². The molecule has 1 amide bonds. The number of rotatable bonds is 7. The predicted molar refractivity (Wildman–Crippen MR) is 111 cm³/mol. The molecule has 2 heterocycles. The molecule has 30 heavy (non-hydrogen) atoms. The highest BCUT2D eigenvalue weighted by Crippen LogP contribution is 2.24. The van der Waals surface area contributed by atoms with Crippen molar-refractivity contribution in [2.45, 2.75) is 26.3 Å². The summed E-state index contributed by atoms with van der Waals surface area (Å²) in [6.45, 7) is 2.33. The number of nitrogens with zero attached hydrogens (tertiary/aromatic N) is 2. The number of aryl methyl sites for hydroxylation is 2. The minimum Gasteiger partial charge on any atom is -0.467 e. The van der Waals surface area contributed by atoms with Gasteiger partial charge in [-0.25, -0.2) is 9.37 Å². The average molecular weight is 404 g/mol. The monoisotopic (exact) mass is 404 g/mol. The number of carbonyl (C=O) groups is 1. The van der Waals surface area contributed by atoms with Crippen LogP contribution in [0, 0.1) is 12.7 Å². The van der Waals surface area contributed by atoms with Gasteiger partial charge in [0.1, 0.15) is 11.6 Å². The van der Waals surface area contributed by atoms with E-state index in [2.05, 4.69) is 4.98 Å². The topological polar surface area (TPSA) is 59.5 Å². The maximum Gasteiger partial charge on any atom is 0.227 e. The fourth-order valence-corrected chi connectivity index (χ4v) is 3.17. The minimum absolute atomic E-state index is 0.0825. The van der Waals surface area contributed by atoms with Crippen LogP contribution in [0.15, 0.2) is 82.0 Å². The van der Waals surface area contributed by atoms with Gasteiger partial charge in [-0.3, -0.25) is 4.79 Å². The fourth-order valence-electron chi connectivity index (χ4n) is 3.17. The zero-order valence-electron chi connectivity index (χ0n) is 16.5. The van der Waals surface area contributed by atoms with Crippen LogP contribution in [-0.4, -0.2) is 10.9 Å². The first-order valence-corrected chi connectivity index (χ1v) is 9.69. The van der Waals surface area contributed by atoms with Crippen LogP contribution in [0.4, 0.5) is 10.1 Å². The molecule has 152 valence electrons. The Morgan fingerprint density at radius 3 is 2.60 bits per heavy atom. The summed E-state index contributed by atoms with van der Waals surface area (Å²) in [4.78, 5) is 18.9. The third kappa shape index (κ3) is 4.49. The first-order chi connectivity index (χ1) is 14.6. The van der Waals surface area contributed by atoms with Crippen LogP contribution in [-0.2, 0) is 17.8 Å². The zero-order valence-corrected chi connectivity index (χ0v) is 16.5. The van der Waals surface area contributed by atoms with E-state index in [1.54, 1.807) is 35.4 Å². The fraction of sp³-hybridized carbons (Fsp3) is 0.167. The van der Waals surface area contributed by atoms with Gasteiger partial charge in [0.2, 0.25) is 5.91 Å². The number of furan rings is 1. The molecule has 0 atom stereocenters. The van der Waals surface area contributed by atoms with Crippen molar-refractivity contribution in [3.05, 3.63) is 96.2 Å². The molecule has 4 aromatic rings. The maximum atomic E-state index is 13.9. The molecule has 0 saturated carbocycles. The van der Waals surface area contributed by atoms with Gasteiger partial charge in [0.15, 0.2) is 11.7 Å². The lowest BCUT2D eigenvalue weighted by Crippen LogP contribution is -2.30. The molecule has 0 fully saturated rings. The summed E-state index contributed by atoms with van der Waals surface area (Å²) in [6, 6.07) is 17.7. The number of hydrogen-bond acceptors (Lipinski definition) is 4. The van der Waals surface area contributed by atoms with Gasteiger partial charge in [-0.1, -0.05) is 29.8 Å². The van der Waals surface area contributed by atoms with Crippen molar-refractivity contribution in [2.24, 2.45) is 0 Å². The van der Waals surface area contributed by atoms with Crippen molar-refractivity contribution >= 4 is 11.6 Å². The molecule has 0 unspecified atom stereocenters. The van der Waals surface area contributed by atoms with Crippen LogP contribution in [0.5, 0.6) is 0 Å². The van der Waals surface area contributed by atoms with Crippen LogP contribution in [0.2, 0.25) is 0 Å². The molecule has 5 nitrogen and oxygen atoms in total. The van der Waals surface area contributed by atoms with Gasteiger partial charge in [0.05, 0.1) is 24.6 Å². The molecule has 0 spiro atoms. The van der Waals surface area contributed by atoms with Crippen molar-refractivity contribution in [1.29, 1.82) is 0 Å². The number of aromatic nitrogens is 1. The van der Waals surface area contributed by atoms with Crippen LogP contribution < -0.4 is 4.90 Å². The summed E-state index contributed by atoms with van der Waals surface area (Å²) in [5.74, 6) is 0.980.